The van der Waals surface area contributed by atoms with Crippen LogP contribution in [0.1, 0.15) is 18.4 Å². The van der Waals surface area contributed by atoms with Crippen molar-refractivity contribution in [2.45, 2.75) is 30.4 Å². The molecule has 0 aromatic heterocycles. The summed E-state index contributed by atoms with van der Waals surface area (Å²) in [6.07, 6.45) is 1.14. The Bertz CT molecular complexity index is 615. The molecule has 1 aliphatic rings. The van der Waals surface area contributed by atoms with E-state index < -0.39 is 27.3 Å². The summed E-state index contributed by atoms with van der Waals surface area (Å²) in [4.78, 5) is -0.491. The van der Waals surface area contributed by atoms with Crippen molar-refractivity contribution in [3.05, 3.63) is 28.5 Å². The molecule has 1 saturated heterocycles. The largest absolute Gasteiger partial charge is 0.392 e. The molecule has 1 aromatic carbocycles. The lowest BCUT2D eigenvalue weighted by Crippen LogP contribution is -2.40. The van der Waals surface area contributed by atoms with Gasteiger partial charge in [0.15, 0.2) is 0 Å². The summed E-state index contributed by atoms with van der Waals surface area (Å²) in [5.41, 5.74) is -0.132. The number of nitrogens with zero attached hydrogens (tertiary/aromatic N) is 1. The first-order chi connectivity index (χ1) is 9.90. The maximum absolute atomic E-state index is 14.2. The second-order valence-electron chi connectivity index (χ2n) is 4.87. The lowest BCUT2D eigenvalue weighted by atomic mass is 10.1. The molecule has 0 aliphatic carbocycles. The Morgan fingerprint density at radius 3 is 2.57 bits per heavy atom. The van der Waals surface area contributed by atoms with Crippen molar-refractivity contribution >= 4 is 21.6 Å². The van der Waals surface area contributed by atoms with Gasteiger partial charge in [-0.1, -0.05) is 11.6 Å². The molecule has 2 rings (SSSR count). The molecule has 1 aliphatic heterocycles. The molecule has 8 heteroatoms. The van der Waals surface area contributed by atoms with E-state index in [9.17, 15) is 12.8 Å². The molecular formula is C13H17ClFNO4S. The van der Waals surface area contributed by atoms with E-state index in [2.05, 4.69) is 0 Å². The number of halogens is 2. The van der Waals surface area contributed by atoms with Gasteiger partial charge in [-0.2, -0.15) is 4.31 Å². The maximum Gasteiger partial charge on any atom is 0.246 e. The Kier molecular flexibility index (Phi) is 5.21. The van der Waals surface area contributed by atoms with E-state index in [1.54, 1.807) is 7.11 Å². The summed E-state index contributed by atoms with van der Waals surface area (Å²) in [7, 11) is -2.39. The molecule has 0 bridgehead atoms. The summed E-state index contributed by atoms with van der Waals surface area (Å²) in [5, 5.41) is 9.16. The smallest absolute Gasteiger partial charge is 0.246 e. The Hall–Kier alpha value is -0.730. The number of piperidine rings is 1. The van der Waals surface area contributed by atoms with Gasteiger partial charge in [0.2, 0.25) is 10.0 Å². The highest BCUT2D eigenvalue weighted by atomic mass is 35.5. The zero-order valence-corrected chi connectivity index (χ0v) is 13.1. The zero-order valence-electron chi connectivity index (χ0n) is 11.6. The van der Waals surface area contributed by atoms with Crippen LogP contribution >= 0.6 is 11.6 Å². The second kappa shape index (κ2) is 6.58. The lowest BCUT2D eigenvalue weighted by molar-refractivity contribution is 0.0604. The summed E-state index contributed by atoms with van der Waals surface area (Å²) in [6, 6.07) is 2.29. The van der Waals surface area contributed by atoms with Gasteiger partial charge in [0.05, 0.1) is 12.7 Å². The fourth-order valence-electron chi connectivity index (χ4n) is 2.37. The summed E-state index contributed by atoms with van der Waals surface area (Å²) < 4.78 is 45.7. The fourth-order valence-corrected chi connectivity index (χ4v) is 4.28. The van der Waals surface area contributed by atoms with E-state index in [1.165, 1.54) is 10.4 Å². The molecule has 5 nitrogen and oxygen atoms in total. The highest BCUT2D eigenvalue weighted by Gasteiger charge is 2.32. The second-order valence-corrected chi connectivity index (χ2v) is 7.22. The zero-order chi connectivity index (χ0) is 15.6. The number of benzene rings is 1. The molecule has 0 amide bonds. The molecule has 21 heavy (non-hydrogen) atoms. The van der Waals surface area contributed by atoms with E-state index in [0.717, 1.165) is 6.07 Å². The minimum atomic E-state index is -3.97. The number of hydrogen-bond donors (Lipinski definition) is 1. The normalized spacial score (nSPS) is 18.1. The van der Waals surface area contributed by atoms with Crippen molar-refractivity contribution in [2.24, 2.45) is 0 Å². The average molecular weight is 338 g/mol. The van der Waals surface area contributed by atoms with E-state index in [0.29, 0.717) is 12.8 Å². The molecule has 1 N–H and O–H groups in total. The quantitative estimate of drug-likeness (QED) is 0.909. The van der Waals surface area contributed by atoms with Crippen molar-refractivity contribution in [3.8, 4) is 0 Å². The molecule has 0 spiro atoms. The van der Waals surface area contributed by atoms with Crippen molar-refractivity contribution in [3.63, 3.8) is 0 Å². The Balaban J connectivity index is 2.34. The van der Waals surface area contributed by atoms with E-state index >= 15 is 0 Å². The van der Waals surface area contributed by atoms with Gasteiger partial charge >= 0.3 is 0 Å². The van der Waals surface area contributed by atoms with Gasteiger partial charge in [0.1, 0.15) is 10.7 Å². The molecule has 1 heterocycles. The predicted octanol–water partition coefficient (Wildman–Crippen LogP) is 1.77. The van der Waals surface area contributed by atoms with Crippen LogP contribution < -0.4 is 0 Å². The van der Waals surface area contributed by atoms with Crippen LogP contribution in [0, 0.1) is 5.82 Å². The Morgan fingerprint density at radius 1 is 1.43 bits per heavy atom. The summed E-state index contributed by atoms with van der Waals surface area (Å²) >= 11 is 5.81. The number of sulfonamides is 1. The molecule has 118 valence electrons. The minimum absolute atomic E-state index is 0.0219. The number of rotatable bonds is 4. The number of aliphatic hydroxyl groups excluding tert-OH is 1. The van der Waals surface area contributed by atoms with Gasteiger partial charge < -0.3 is 9.84 Å². The van der Waals surface area contributed by atoms with Crippen molar-refractivity contribution in [1.29, 1.82) is 0 Å². The van der Waals surface area contributed by atoms with Gasteiger partial charge in [-0.05, 0) is 25.0 Å². The first kappa shape index (κ1) is 16.6. The van der Waals surface area contributed by atoms with E-state index in [4.69, 9.17) is 21.4 Å². The van der Waals surface area contributed by atoms with Crippen LogP contribution in [0.4, 0.5) is 4.39 Å². The highest BCUT2D eigenvalue weighted by molar-refractivity contribution is 7.89. The topological polar surface area (TPSA) is 66.8 Å². The molecule has 0 unspecified atom stereocenters. The van der Waals surface area contributed by atoms with Gasteiger partial charge in [0.25, 0.3) is 0 Å². The van der Waals surface area contributed by atoms with Crippen LogP contribution in [0.2, 0.25) is 5.02 Å². The third-order valence-electron chi connectivity index (χ3n) is 3.60. The lowest BCUT2D eigenvalue weighted by Gasteiger charge is -2.30. The number of methoxy groups -OCH3 is 1. The number of ether oxygens (including phenoxy) is 1. The van der Waals surface area contributed by atoms with Gasteiger partial charge in [-0.25, -0.2) is 12.8 Å². The van der Waals surface area contributed by atoms with E-state index in [-0.39, 0.29) is 29.8 Å². The van der Waals surface area contributed by atoms with Crippen LogP contribution in [-0.4, -0.2) is 44.1 Å². The molecule has 1 aromatic rings. The van der Waals surface area contributed by atoms with Crippen LogP contribution in [0.25, 0.3) is 0 Å². The third kappa shape index (κ3) is 3.37. The molecule has 0 radical (unpaired) electrons. The number of hydrogen-bond acceptors (Lipinski definition) is 4. The van der Waals surface area contributed by atoms with Gasteiger partial charge in [0, 0.05) is 30.8 Å². The van der Waals surface area contributed by atoms with Gasteiger partial charge in [-0.15, -0.1) is 0 Å². The average Bonchev–Trinajstić information content (AvgIpc) is 2.49. The molecule has 0 atom stereocenters. The van der Waals surface area contributed by atoms with Gasteiger partial charge in [-0.3, -0.25) is 0 Å². The van der Waals surface area contributed by atoms with Crippen molar-refractivity contribution < 1.29 is 22.7 Å². The molecular weight excluding hydrogens is 321 g/mol. The molecule has 0 saturated carbocycles. The van der Waals surface area contributed by atoms with Crippen LogP contribution in [0.5, 0.6) is 0 Å². The van der Waals surface area contributed by atoms with Crippen LogP contribution in [-0.2, 0) is 21.4 Å². The predicted molar refractivity (Wildman–Crippen MR) is 76.1 cm³/mol. The monoisotopic (exact) mass is 337 g/mol. The highest BCUT2D eigenvalue weighted by Crippen LogP contribution is 2.28. The third-order valence-corrected chi connectivity index (χ3v) is 5.72. The maximum atomic E-state index is 14.2. The van der Waals surface area contributed by atoms with Crippen molar-refractivity contribution in [1.82, 2.24) is 4.31 Å². The first-order valence-electron chi connectivity index (χ1n) is 6.52. The molecule has 1 fully saturated rings. The van der Waals surface area contributed by atoms with Crippen LogP contribution in [0.15, 0.2) is 17.0 Å². The minimum Gasteiger partial charge on any atom is -0.392 e. The van der Waals surface area contributed by atoms with Crippen LogP contribution in [0.3, 0.4) is 0 Å². The van der Waals surface area contributed by atoms with E-state index in [1.807, 2.05) is 0 Å². The fraction of sp³-hybridized carbons (Fsp3) is 0.538. The Labute approximate surface area is 128 Å². The first-order valence-corrected chi connectivity index (χ1v) is 8.33. The number of aliphatic hydroxyl groups is 1. The Morgan fingerprint density at radius 2 is 2.05 bits per heavy atom. The standard InChI is InChI=1S/C13H17ClFNO4S/c1-20-11-2-4-16(5-3-11)21(18,19)12-7-10(14)6-9(8-17)13(12)15/h6-7,11,17H,2-5,8H2,1H3. The van der Waals surface area contributed by atoms with Crippen molar-refractivity contribution in [2.75, 3.05) is 20.2 Å². The summed E-state index contributed by atoms with van der Waals surface area (Å²) in [6.45, 7) is -0.0802. The summed E-state index contributed by atoms with van der Waals surface area (Å²) in [5.74, 6) is -0.948. The SMILES string of the molecule is COC1CCN(S(=O)(=O)c2cc(Cl)cc(CO)c2F)CC1.